The van der Waals surface area contributed by atoms with Crippen molar-refractivity contribution in [2.75, 3.05) is 13.3 Å². The van der Waals surface area contributed by atoms with Crippen LogP contribution in [-0.4, -0.2) is 25.3 Å². The first-order valence-corrected chi connectivity index (χ1v) is 8.51. The van der Waals surface area contributed by atoms with Gasteiger partial charge in [-0.25, -0.2) is 0 Å². The summed E-state index contributed by atoms with van der Waals surface area (Å²) >= 11 is 0. The van der Waals surface area contributed by atoms with Gasteiger partial charge in [-0.3, -0.25) is 4.99 Å². The molecule has 1 aliphatic heterocycles. The molecule has 24 heavy (non-hydrogen) atoms. The molecule has 134 valence electrons. The molecule has 0 bridgehead atoms. The van der Waals surface area contributed by atoms with Crippen molar-refractivity contribution in [1.82, 2.24) is 5.32 Å². The number of guanidine groups is 1. The monoisotopic (exact) mass is 445 g/mol. The van der Waals surface area contributed by atoms with Crippen molar-refractivity contribution < 1.29 is 9.47 Å². The van der Waals surface area contributed by atoms with Crippen LogP contribution < -0.4 is 20.5 Å². The summed E-state index contributed by atoms with van der Waals surface area (Å²) in [4.78, 5) is 4.57. The highest BCUT2D eigenvalue weighted by Gasteiger charge is 2.24. The van der Waals surface area contributed by atoms with Gasteiger partial charge in [0.05, 0.1) is 6.54 Å². The van der Waals surface area contributed by atoms with Crippen LogP contribution in [-0.2, 0) is 5.41 Å². The zero-order chi connectivity index (χ0) is 16.3. The van der Waals surface area contributed by atoms with Gasteiger partial charge in [0.15, 0.2) is 17.5 Å². The molecule has 1 aromatic rings. The maximum atomic E-state index is 6.07. The van der Waals surface area contributed by atoms with Crippen LogP contribution in [0.1, 0.15) is 51.5 Å². The summed E-state index contributed by atoms with van der Waals surface area (Å²) in [5, 5.41) is 3.37. The highest BCUT2D eigenvalue weighted by molar-refractivity contribution is 14.0. The van der Waals surface area contributed by atoms with Crippen molar-refractivity contribution in [3.63, 3.8) is 0 Å². The largest absolute Gasteiger partial charge is 0.454 e. The fourth-order valence-corrected chi connectivity index (χ4v) is 3.19. The van der Waals surface area contributed by atoms with Crippen LogP contribution in [0, 0.1) is 0 Å². The summed E-state index contributed by atoms with van der Waals surface area (Å²) in [5.41, 5.74) is 7.14. The molecule has 1 saturated carbocycles. The molecular weight excluding hydrogens is 417 g/mol. The molecule has 6 heteroatoms. The third-order valence-electron chi connectivity index (χ3n) is 4.76. The first-order valence-electron chi connectivity index (χ1n) is 8.51. The quantitative estimate of drug-likeness (QED) is 0.423. The van der Waals surface area contributed by atoms with E-state index in [1.54, 1.807) is 0 Å². The molecule has 0 spiro atoms. The van der Waals surface area contributed by atoms with Gasteiger partial charge in [0.2, 0.25) is 6.79 Å². The van der Waals surface area contributed by atoms with Gasteiger partial charge < -0.3 is 20.5 Å². The van der Waals surface area contributed by atoms with E-state index in [0.717, 1.165) is 11.5 Å². The van der Waals surface area contributed by atoms with E-state index in [1.165, 1.54) is 37.7 Å². The average molecular weight is 445 g/mol. The van der Waals surface area contributed by atoms with Gasteiger partial charge in [0, 0.05) is 11.5 Å². The first-order chi connectivity index (χ1) is 11.0. The van der Waals surface area contributed by atoms with Crippen molar-refractivity contribution >= 4 is 29.9 Å². The molecular formula is C18H28IN3O2. The zero-order valence-electron chi connectivity index (χ0n) is 14.5. The summed E-state index contributed by atoms with van der Waals surface area (Å²) in [6.07, 6.45) is 6.30. The molecule has 0 radical (unpaired) electrons. The molecule has 1 heterocycles. The van der Waals surface area contributed by atoms with E-state index >= 15 is 0 Å². The molecule has 1 fully saturated rings. The molecule has 1 aromatic carbocycles. The van der Waals surface area contributed by atoms with Gasteiger partial charge >= 0.3 is 0 Å². The zero-order valence-corrected chi connectivity index (χ0v) is 16.8. The number of benzene rings is 1. The van der Waals surface area contributed by atoms with E-state index in [-0.39, 0.29) is 29.4 Å². The van der Waals surface area contributed by atoms with Crippen LogP contribution in [0.25, 0.3) is 0 Å². The Morgan fingerprint density at radius 2 is 1.92 bits per heavy atom. The van der Waals surface area contributed by atoms with Gasteiger partial charge in [0.25, 0.3) is 0 Å². The van der Waals surface area contributed by atoms with E-state index in [4.69, 9.17) is 15.2 Å². The standard InChI is InChI=1S/C18H27N3O2.HI/c1-18(2,13-8-9-15-16(10-13)23-12-22-15)11-20-17(19)21-14-6-4-3-5-7-14;/h8-10,14H,3-7,11-12H2,1-2H3,(H3,19,20,21);1H. The van der Waals surface area contributed by atoms with E-state index in [2.05, 4.69) is 30.2 Å². The third-order valence-corrected chi connectivity index (χ3v) is 4.76. The minimum Gasteiger partial charge on any atom is -0.454 e. The maximum Gasteiger partial charge on any atom is 0.231 e. The van der Waals surface area contributed by atoms with E-state index in [9.17, 15) is 0 Å². The average Bonchev–Trinajstić information content (AvgIpc) is 3.02. The number of aliphatic imine (C=N–C) groups is 1. The Morgan fingerprint density at radius 3 is 2.67 bits per heavy atom. The fourth-order valence-electron chi connectivity index (χ4n) is 3.19. The minimum atomic E-state index is -0.111. The molecule has 0 aromatic heterocycles. The van der Waals surface area contributed by atoms with Gasteiger partial charge in [-0.1, -0.05) is 39.2 Å². The number of nitrogens with two attached hydrogens (primary N) is 1. The van der Waals surface area contributed by atoms with Crippen molar-refractivity contribution in [3.8, 4) is 11.5 Å². The lowest BCUT2D eigenvalue weighted by Crippen LogP contribution is -2.41. The highest BCUT2D eigenvalue weighted by Crippen LogP contribution is 2.36. The third kappa shape index (κ3) is 4.68. The number of rotatable bonds is 4. The van der Waals surface area contributed by atoms with E-state index in [0.29, 0.717) is 25.3 Å². The summed E-state index contributed by atoms with van der Waals surface area (Å²) in [6, 6.07) is 6.57. The van der Waals surface area contributed by atoms with Crippen LogP contribution in [0.5, 0.6) is 11.5 Å². The number of fused-ring (bicyclic) bond motifs is 1. The first kappa shape index (κ1) is 19.1. The Balaban J connectivity index is 0.00000208. The lowest BCUT2D eigenvalue weighted by molar-refractivity contribution is 0.174. The summed E-state index contributed by atoms with van der Waals surface area (Å²) in [6.45, 7) is 5.28. The van der Waals surface area contributed by atoms with E-state index in [1.807, 2.05) is 12.1 Å². The Kier molecular flexibility index (Phi) is 6.60. The SMILES string of the molecule is CC(C)(CN=C(N)NC1CCCCC1)c1ccc2c(c1)OCO2.I. The lowest BCUT2D eigenvalue weighted by atomic mass is 9.84. The topological polar surface area (TPSA) is 68.9 Å². The summed E-state index contributed by atoms with van der Waals surface area (Å²) in [5.74, 6) is 2.19. The molecule has 0 unspecified atom stereocenters. The number of ether oxygens (including phenoxy) is 2. The molecule has 5 nitrogen and oxygen atoms in total. The number of hydrogen-bond acceptors (Lipinski definition) is 3. The van der Waals surface area contributed by atoms with Gasteiger partial charge in [0.1, 0.15) is 0 Å². The number of nitrogens with zero attached hydrogens (tertiary/aromatic N) is 1. The van der Waals surface area contributed by atoms with Gasteiger partial charge in [-0.05, 0) is 30.5 Å². The van der Waals surface area contributed by atoms with Crippen LogP contribution in [0.3, 0.4) is 0 Å². The predicted molar refractivity (Wildman–Crippen MR) is 108 cm³/mol. The van der Waals surface area contributed by atoms with Crippen LogP contribution in [0.4, 0.5) is 0 Å². The maximum absolute atomic E-state index is 6.07. The minimum absolute atomic E-state index is 0. The van der Waals surface area contributed by atoms with Crippen molar-refractivity contribution in [3.05, 3.63) is 23.8 Å². The van der Waals surface area contributed by atoms with Crippen molar-refractivity contribution in [2.45, 2.75) is 57.4 Å². The lowest BCUT2D eigenvalue weighted by Gasteiger charge is -2.25. The number of nitrogens with one attached hydrogen (secondary N) is 1. The molecule has 1 aliphatic carbocycles. The Morgan fingerprint density at radius 1 is 1.21 bits per heavy atom. The molecule has 0 atom stereocenters. The smallest absolute Gasteiger partial charge is 0.231 e. The van der Waals surface area contributed by atoms with Crippen LogP contribution in [0.15, 0.2) is 23.2 Å². The Hall–Kier alpha value is -1.18. The van der Waals surface area contributed by atoms with Crippen LogP contribution in [0.2, 0.25) is 0 Å². The van der Waals surface area contributed by atoms with Crippen molar-refractivity contribution in [1.29, 1.82) is 0 Å². The second kappa shape index (κ2) is 8.27. The second-order valence-corrected chi connectivity index (χ2v) is 7.13. The van der Waals surface area contributed by atoms with Gasteiger partial charge in [-0.15, -0.1) is 24.0 Å². The Bertz CT molecular complexity index is 584. The van der Waals surface area contributed by atoms with Gasteiger partial charge in [-0.2, -0.15) is 0 Å². The second-order valence-electron chi connectivity index (χ2n) is 7.13. The van der Waals surface area contributed by atoms with Crippen LogP contribution >= 0.6 is 24.0 Å². The van der Waals surface area contributed by atoms with E-state index < -0.39 is 0 Å². The molecule has 0 saturated heterocycles. The summed E-state index contributed by atoms with van der Waals surface area (Å²) < 4.78 is 10.8. The predicted octanol–water partition coefficient (Wildman–Crippen LogP) is 3.55. The Labute approximate surface area is 161 Å². The normalized spacial score (nSPS) is 18.2. The molecule has 2 aliphatic rings. The molecule has 3 rings (SSSR count). The number of hydrogen-bond donors (Lipinski definition) is 2. The van der Waals surface area contributed by atoms with Crippen molar-refractivity contribution in [2.24, 2.45) is 10.7 Å². The fraction of sp³-hybridized carbons (Fsp3) is 0.611. The highest BCUT2D eigenvalue weighted by atomic mass is 127. The molecule has 0 amide bonds. The molecule has 3 N–H and O–H groups in total. The number of halogens is 1. The summed E-state index contributed by atoms with van der Waals surface area (Å²) in [7, 11) is 0.